The minimum absolute atomic E-state index is 0.0186. The zero-order valence-electron chi connectivity index (χ0n) is 16.2. The van der Waals surface area contributed by atoms with Gasteiger partial charge in [-0.25, -0.2) is 9.97 Å². The maximum absolute atomic E-state index is 12.3. The molecule has 0 aliphatic heterocycles. The number of anilines is 2. The lowest BCUT2D eigenvalue weighted by atomic mass is 10.1. The molecule has 0 saturated heterocycles. The first-order valence-electron chi connectivity index (χ1n) is 9.13. The fraction of sp³-hybridized carbons (Fsp3) is 0.350. The number of hydrogen-bond donors (Lipinski definition) is 2. The van der Waals surface area contributed by atoms with Crippen LogP contribution in [0.2, 0.25) is 0 Å². The van der Waals surface area contributed by atoms with Crippen molar-refractivity contribution < 1.29 is 4.79 Å². The third-order valence-corrected chi connectivity index (χ3v) is 4.90. The van der Waals surface area contributed by atoms with Crippen molar-refractivity contribution in [2.24, 2.45) is 18.9 Å². The van der Waals surface area contributed by atoms with Gasteiger partial charge in [-0.05, 0) is 31.2 Å². The van der Waals surface area contributed by atoms with Crippen LogP contribution in [-0.4, -0.2) is 37.9 Å². The number of fused-ring (bicyclic) bond motifs is 1. The Morgan fingerprint density at radius 2 is 2.00 bits per heavy atom. The molecule has 1 fully saturated rings. The summed E-state index contributed by atoms with van der Waals surface area (Å²) < 4.78 is 0. The van der Waals surface area contributed by atoms with Crippen LogP contribution in [0.15, 0.2) is 18.5 Å². The molecule has 0 spiro atoms. The van der Waals surface area contributed by atoms with Gasteiger partial charge in [-0.15, -0.1) is 5.10 Å². The van der Waals surface area contributed by atoms with Crippen molar-refractivity contribution in [1.29, 1.82) is 0 Å². The van der Waals surface area contributed by atoms with Crippen molar-refractivity contribution in [2.45, 2.75) is 20.3 Å². The molecule has 2 atom stereocenters. The lowest BCUT2D eigenvalue weighted by Gasteiger charge is -2.09. The van der Waals surface area contributed by atoms with Gasteiger partial charge >= 0.3 is 0 Å². The van der Waals surface area contributed by atoms with Gasteiger partial charge in [-0.1, -0.05) is 12.8 Å². The average molecular weight is 375 g/mol. The van der Waals surface area contributed by atoms with E-state index in [1.807, 2.05) is 13.0 Å². The first-order chi connectivity index (χ1) is 13.5. The zero-order valence-corrected chi connectivity index (χ0v) is 16.2. The van der Waals surface area contributed by atoms with Crippen LogP contribution in [-0.2, 0) is 11.8 Å². The number of aryl methyl sites for hydroxylation is 2. The van der Waals surface area contributed by atoms with Gasteiger partial charge in [0, 0.05) is 43.2 Å². The quantitative estimate of drug-likeness (QED) is 0.681. The van der Waals surface area contributed by atoms with E-state index >= 15 is 0 Å². The predicted molar refractivity (Wildman–Crippen MR) is 107 cm³/mol. The largest absolute Gasteiger partial charge is 0.373 e. The predicted octanol–water partition coefficient (Wildman–Crippen LogP) is 2.10. The first-order valence-corrected chi connectivity index (χ1v) is 9.13. The summed E-state index contributed by atoms with van der Waals surface area (Å²) in [5.74, 6) is 7.97. The number of nitrogens with one attached hydrogen (secondary N) is 2. The van der Waals surface area contributed by atoms with Gasteiger partial charge in [0.2, 0.25) is 5.91 Å². The molecule has 8 heteroatoms. The van der Waals surface area contributed by atoms with E-state index in [0.717, 1.165) is 28.5 Å². The molecule has 4 rings (SSSR count). The highest BCUT2D eigenvalue weighted by Crippen LogP contribution is 2.38. The molecule has 1 aliphatic carbocycles. The molecule has 0 aromatic carbocycles. The summed E-state index contributed by atoms with van der Waals surface area (Å²) in [7, 11) is 3.57. The summed E-state index contributed by atoms with van der Waals surface area (Å²) in [6.45, 7) is 3.94. The smallest absolute Gasteiger partial charge is 0.228 e. The fourth-order valence-electron chi connectivity index (χ4n) is 3.15. The third kappa shape index (κ3) is 3.39. The summed E-state index contributed by atoms with van der Waals surface area (Å²) in [5.41, 5.74) is 2.13. The van der Waals surface area contributed by atoms with Gasteiger partial charge in [0.15, 0.2) is 5.69 Å². The van der Waals surface area contributed by atoms with E-state index in [2.05, 4.69) is 49.6 Å². The summed E-state index contributed by atoms with van der Waals surface area (Å²) >= 11 is 0. The minimum Gasteiger partial charge on any atom is -0.373 e. The number of hydrogen-bond acceptors (Lipinski definition) is 6. The van der Waals surface area contributed by atoms with Crippen molar-refractivity contribution in [1.82, 2.24) is 25.0 Å². The highest BCUT2D eigenvalue weighted by molar-refractivity contribution is 5.99. The van der Waals surface area contributed by atoms with E-state index in [-0.39, 0.29) is 11.8 Å². The molecule has 28 heavy (non-hydrogen) atoms. The molecule has 8 nitrogen and oxygen atoms in total. The highest BCUT2D eigenvalue weighted by atomic mass is 16.2. The molecule has 0 unspecified atom stereocenters. The summed E-state index contributed by atoms with van der Waals surface area (Å²) in [5, 5.41) is 16.1. The second-order valence-electron chi connectivity index (χ2n) is 7.07. The molecule has 0 radical (unpaired) electrons. The summed E-state index contributed by atoms with van der Waals surface area (Å²) in [6.07, 6.45) is 4.35. The van der Waals surface area contributed by atoms with Crippen LogP contribution < -0.4 is 10.6 Å². The molecular weight excluding hydrogens is 354 g/mol. The van der Waals surface area contributed by atoms with Crippen LogP contribution in [0.25, 0.3) is 10.8 Å². The van der Waals surface area contributed by atoms with Gasteiger partial charge < -0.3 is 10.6 Å². The van der Waals surface area contributed by atoms with Crippen LogP contribution in [0.5, 0.6) is 0 Å². The molecule has 3 heterocycles. The summed E-state index contributed by atoms with van der Waals surface area (Å²) in [6, 6.07) is 1.84. The Balaban J connectivity index is 1.74. The van der Waals surface area contributed by atoms with E-state index in [4.69, 9.17) is 0 Å². The van der Waals surface area contributed by atoms with Crippen molar-refractivity contribution >= 4 is 28.3 Å². The van der Waals surface area contributed by atoms with Gasteiger partial charge in [0.05, 0.1) is 11.3 Å². The molecule has 3 aromatic heterocycles. The first kappa shape index (κ1) is 17.9. The Kier molecular flexibility index (Phi) is 4.43. The van der Waals surface area contributed by atoms with Crippen molar-refractivity contribution in [2.75, 3.05) is 17.7 Å². The number of carbonyl (C=O) groups is 1. The van der Waals surface area contributed by atoms with E-state index in [0.29, 0.717) is 23.2 Å². The normalized spacial score (nSPS) is 17.7. The molecule has 1 saturated carbocycles. The molecule has 142 valence electrons. The Bertz CT molecular complexity index is 1140. The molecule has 1 aliphatic rings. The monoisotopic (exact) mass is 375 g/mol. The lowest BCUT2D eigenvalue weighted by molar-refractivity contribution is -0.117. The van der Waals surface area contributed by atoms with Gasteiger partial charge in [-0.3, -0.25) is 4.79 Å². The summed E-state index contributed by atoms with van der Waals surface area (Å²) in [4.78, 5) is 22.6. The number of nitrogens with zero attached hydrogens (tertiary/aromatic N) is 5. The van der Waals surface area contributed by atoms with Crippen LogP contribution in [0, 0.1) is 30.6 Å². The van der Waals surface area contributed by atoms with E-state index < -0.39 is 0 Å². The Labute approximate surface area is 162 Å². The molecular formula is C20H21N7O. The standard InChI is InChI=1S/C20H21N7O/c1-11-7-14(11)20(28)24-18-8-15-13(5-6-17-12(2)25-27(4)26-17)9-23-19(21-3)16(15)10-22-18/h8-11,14H,7H2,1-4H3,(H,21,23)(H,22,24,28)/t11-,14+/m1/s1. The second kappa shape index (κ2) is 6.93. The maximum atomic E-state index is 12.3. The lowest BCUT2D eigenvalue weighted by Crippen LogP contribution is -2.15. The van der Waals surface area contributed by atoms with Crippen molar-refractivity contribution in [3.05, 3.63) is 35.4 Å². The molecule has 0 bridgehead atoms. The van der Waals surface area contributed by atoms with E-state index in [1.165, 1.54) is 4.80 Å². The topological polar surface area (TPSA) is 97.6 Å². The van der Waals surface area contributed by atoms with Crippen LogP contribution >= 0.6 is 0 Å². The Hall–Kier alpha value is -3.47. The molecule has 3 aromatic rings. The van der Waals surface area contributed by atoms with E-state index in [9.17, 15) is 4.79 Å². The molecule has 2 N–H and O–H groups in total. The Morgan fingerprint density at radius 1 is 1.21 bits per heavy atom. The minimum atomic E-state index is 0.0186. The van der Waals surface area contributed by atoms with Gasteiger partial charge in [0.25, 0.3) is 0 Å². The van der Waals surface area contributed by atoms with Crippen molar-refractivity contribution in [3.8, 4) is 11.8 Å². The number of pyridine rings is 2. The SMILES string of the molecule is CNc1ncc(C#Cc2nn(C)nc2C)c2cc(NC(=O)[C@H]3C[C@H]3C)ncc12. The van der Waals surface area contributed by atoms with Crippen LogP contribution in [0.3, 0.4) is 0 Å². The van der Waals surface area contributed by atoms with Crippen LogP contribution in [0.1, 0.15) is 30.3 Å². The number of aromatic nitrogens is 5. The maximum Gasteiger partial charge on any atom is 0.228 e. The van der Waals surface area contributed by atoms with E-state index in [1.54, 1.807) is 26.5 Å². The number of carbonyl (C=O) groups excluding carboxylic acids is 1. The van der Waals surface area contributed by atoms with Crippen molar-refractivity contribution in [3.63, 3.8) is 0 Å². The highest BCUT2D eigenvalue weighted by Gasteiger charge is 2.39. The van der Waals surface area contributed by atoms with Gasteiger partial charge in [-0.2, -0.15) is 9.90 Å². The third-order valence-electron chi connectivity index (χ3n) is 4.90. The Morgan fingerprint density at radius 3 is 2.64 bits per heavy atom. The van der Waals surface area contributed by atoms with Gasteiger partial charge in [0.1, 0.15) is 11.6 Å². The number of rotatable bonds is 3. The zero-order chi connectivity index (χ0) is 19.8. The second-order valence-corrected chi connectivity index (χ2v) is 7.07. The molecule has 1 amide bonds. The van der Waals surface area contributed by atoms with Crippen LogP contribution in [0.4, 0.5) is 11.6 Å². The average Bonchev–Trinajstić information content (AvgIpc) is 3.32. The number of amides is 1. The fourth-order valence-corrected chi connectivity index (χ4v) is 3.15.